The van der Waals surface area contributed by atoms with Crippen molar-refractivity contribution in [2.45, 2.75) is 40.0 Å². The number of carbonyl (C=O) groups is 1. The number of nitrogens with one attached hydrogen (secondary N) is 1. The monoisotopic (exact) mass is 295 g/mol. The summed E-state index contributed by atoms with van der Waals surface area (Å²) >= 11 is 0. The highest BCUT2D eigenvalue weighted by Gasteiger charge is 2.24. The Morgan fingerprint density at radius 2 is 1.86 bits per heavy atom. The minimum Gasteiger partial charge on any atom is -0.334 e. The summed E-state index contributed by atoms with van der Waals surface area (Å²) < 4.78 is 0. The van der Waals surface area contributed by atoms with E-state index in [0.717, 1.165) is 12.4 Å². The summed E-state index contributed by atoms with van der Waals surface area (Å²) in [5.41, 5.74) is -0.141. The van der Waals surface area contributed by atoms with Gasteiger partial charge < -0.3 is 9.80 Å². The van der Waals surface area contributed by atoms with E-state index in [1.165, 1.54) is 0 Å². The van der Waals surface area contributed by atoms with E-state index < -0.39 is 0 Å². The standard InChI is InChI=1S/C15H29N5O/c1-11(2)10-20(9-8-19(6)7)13(21)12-16-14(18-17-12)15(3,4)5/h11H,8-10H2,1-7H3,(H,16,17,18). The number of aromatic amines is 1. The molecule has 1 aromatic heterocycles. The van der Waals surface area contributed by atoms with Gasteiger partial charge in [0, 0.05) is 25.0 Å². The van der Waals surface area contributed by atoms with Gasteiger partial charge in [0.05, 0.1) is 0 Å². The number of hydrogen-bond acceptors (Lipinski definition) is 4. The van der Waals surface area contributed by atoms with E-state index in [1.807, 2.05) is 39.8 Å². The van der Waals surface area contributed by atoms with Gasteiger partial charge in [-0.25, -0.2) is 4.98 Å². The number of carbonyl (C=O) groups excluding carboxylic acids is 1. The molecule has 0 saturated heterocycles. The molecule has 6 heteroatoms. The molecule has 0 aromatic carbocycles. The highest BCUT2D eigenvalue weighted by Crippen LogP contribution is 2.17. The Labute approximate surface area is 127 Å². The van der Waals surface area contributed by atoms with Crippen molar-refractivity contribution < 1.29 is 4.79 Å². The van der Waals surface area contributed by atoms with Gasteiger partial charge in [0.1, 0.15) is 5.82 Å². The first-order valence-electron chi connectivity index (χ1n) is 7.48. The number of aromatic nitrogens is 3. The molecular formula is C15H29N5O. The zero-order valence-electron chi connectivity index (χ0n) is 14.4. The van der Waals surface area contributed by atoms with Crippen molar-refractivity contribution in [3.8, 4) is 0 Å². The van der Waals surface area contributed by atoms with Crippen LogP contribution in [0.2, 0.25) is 0 Å². The van der Waals surface area contributed by atoms with Crippen molar-refractivity contribution in [3.05, 3.63) is 11.6 Å². The lowest BCUT2D eigenvalue weighted by Crippen LogP contribution is -2.39. The van der Waals surface area contributed by atoms with Crippen LogP contribution < -0.4 is 0 Å². The second-order valence-corrected chi connectivity index (χ2v) is 7.21. The van der Waals surface area contributed by atoms with Crippen LogP contribution in [0, 0.1) is 5.92 Å². The van der Waals surface area contributed by atoms with Gasteiger partial charge >= 0.3 is 0 Å². The molecule has 0 radical (unpaired) electrons. The highest BCUT2D eigenvalue weighted by atomic mass is 16.2. The summed E-state index contributed by atoms with van der Waals surface area (Å²) in [7, 11) is 4.01. The summed E-state index contributed by atoms with van der Waals surface area (Å²) in [6, 6.07) is 0. The van der Waals surface area contributed by atoms with Crippen LogP contribution in [-0.2, 0) is 5.41 Å². The van der Waals surface area contributed by atoms with Crippen molar-refractivity contribution in [2.24, 2.45) is 5.92 Å². The second-order valence-electron chi connectivity index (χ2n) is 7.21. The van der Waals surface area contributed by atoms with E-state index in [2.05, 4.69) is 33.9 Å². The number of amides is 1. The average molecular weight is 295 g/mol. The fourth-order valence-corrected chi connectivity index (χ4v) is 1.87. The number of H-pyrrole nitrogens is 1. The van der Waals surface area contributed by atoms with Gasteiger partial charge in [-0.15, -0.1) is 5.10 Å². The fourth-order valence-electron chi connectivity index (χ4n) is 1.87. The molecule has 0 spiro atoms. The lowest BCUT2D eigenvalue weighted by molar-refractivity contribution is 0.0712. The van der Waals surface area contributed by atoms with Crippen LogP contribution in [0.25, 0.3) is 0 Å². The zero-order chi connectivity index (χ0) is 16.2. The molecule has 1 rings (SSSR count). The Bertz CT molecular complexity index is 459. The normalized spacial score (nSPS) is 12.2. The molecule has 0 fully saturated rings. The third-order valence-corrected chi connectivity index (χ3v) is 3.08. The summed E-state index contributed by atoms with van der Waals surface area (Å²) in [5, 5.41) is 6.98. The molecule has 21 heavy (non-hydrogen) atoms. The molecule has 1 amide bonds. The van der Waals surface area contributed by atoms with Crippen LogP contribution in [0.5, 0.6) is 0 Å². The van der Waals surface area contributed by atoms with Crippen LogP contribution in [0.15, 0.2) is 0 Å². The van der Waals surface area contributed by atoms with Crippen LogP contribution >= 0.6 is 0 Å². The molecule has 1 aromatic rings. The molecule has 1 heterocycles. The van der Waals surface area contributed by atoms with E-state index in [4.69, 9.17) is 0 Å². The van der Waals surface area contributed by atoms with E-state index in [9.17, 15) is 4.79 Å². The fraction of sp³-hybridized carbons (Fsp3) is 0.800. The number of likely N-dealkylation sites (N-methyl/N-ethyl adjacent to an activating group) is 1. The molecule has 6 nitrogen and oxygen atoms in total. The minimum atomic E-state index is -0.141. The van der Waals surface area contributed by atoms with Gasteiger partial charge in [-0.1, -0.05) is 34.6 Å². The van der Waals surface area contributed by atoms with Crippen LogP contribution in [-0.4, -0.2) is 64.6 Å². The maximum atomic E-state index is 12.6. The average Bonchev–Trinajstić information content (AvgIpc) is 2.82. The van der Waals surface area contributed by atoms with Crippen molar-refractivity contribution >= 4 is 5.91 Å². The number of nitrogens with zero attached hydrogens (tertiary/aromatic N) is 4. The van der Waals surface area contributed by atoms with Gasteiger partial charge in [-0.2, -0.15) is 0 Å². The van der Waals surface area contributed by atoms with E-state index >= 15 is 0 Å². The Morgan fingerprint density at radius 1 is 1.24 bits per heavy atom. The summed E-state index contributed by atoms with van der Waals surface area (Å²) in [6.45, 7) is 12.6. The first kappa shape index (κ1) is 17.6. The molecule has 0 aliphatic rings. The number of rotatable bonds is 6. The van der Waals surface area contributed by atoms with Crippen molar-refractivity contribution in [2.75, 3.05) is 33.7 Å². The first-order chi connectivity index (χ1) is 9.61. The topological polar surface area (TPSA) is 65.1 Å². The smallest absolute Gasteiger partial charge is 0.293 e. The van der Waals surface area contributed by atoms with E-state index in [1.54, 1.807) is 0 Å². The Hall–Kier alpha value is -1.43. The first-order valence-corrected chi connectivity index (χ1v) is 7.48. The molecular weight excluding hydrogens is 266 g/mol. The van der Waals surface area contributed by atoms with Gasteiger partial charge in [0.2, 0.25) is 5.82 Å². The molecule has 0 saturated carbocycles. The molecule has 0 aliphatic heterocycles. The highest BCUT2D eigenvalue weighted by molar-refractivity contribution is 5.90. The molecule has 0 bridgehead atoms. The van der Waals surface area contributed by atoms with Crippen LogP contribution in [0.3, 0.4) is 0 Å². The predicted octanol–water partition coefficient (Wildman–Crippen LogP) is 1.76. The van der Waals surface area contributed by atoms with Gasteiger partial charge in [0.25, 0.3) is 5.91 Å². The van der Waals surface area contributed by atoms with E-state index in [0.29, 0.717) is 19.0 Å². The minimum absolute atomic E-state index is 0.0997. The molecule has 0 aliphatic carbocycles. The molecule has 1 N–H and O–H groups in total. The van der Waals surface area contributed by atoms with Gasteiger partial charge in [-0.3, -0.25) is 9.89 Å². The van der Waals surface area contributed by atoms with Gasteiger partial charge in [0.15, 0.2) is 0 Å². The Balaban J connectivity index is 2.86. The molecule has 0 unspecified atom stereocenters. The largest absolute Gasteiger partial charge is 0.334 e. The third-order valence-electron chi connectivity index (χ3n) is 3.08. The summed E-state index contributed by atoms with van der Waals surface area (Å²) in [6.07, 6.45) is 0. The summed E-state index contributed by atoms with van der Waals surface area (Å²) in [5.74, 6) is 1.32. The molecule has 0 atom stereocenters. The van der Waals surface area contributed by atoms with Crippen LogP contribution in [0.4, 0.5) is 0 Å². The van der Waals surface area contributed by atoms with Crippen molar-refractivity contribution in [1.29, 1.82) is 0 Å². The zero-order valence-corrected chi connectivity index (χ0v) is 14.4. The second kappa shape index (κ2) is 7.02. The van der Waals surface area contributed by atoms with Crippen LogP contribution in [0.1, 0.15) is 51.1 Å². The predicted molar refractivity (Wildman–Crippen MR) is 84.4 cm³/mol. The lowest BCUT2D eigenvalue weighted by atomic mass is 9.96. The SMILES string of the molecule is CC(C)CN(CCN(C)C)C(=O)c1n[nH]c(C(C)(C)C)n1. The maximum Gasteiger partial charge on any atom is 0.293 e. The Morgan fingerprint density at radius 3 is 2.29 bits per heavy atom. The van der Waals surface area contributed by atoms with Gasteiger partial charge in [-0.05, 0) is 20.0 Å². The van der Waals surface area contributed by atoms with Crippen molar-refractivity contribution in [3.63, 3.8) is 0 Å². The number of hydrogen-bond donors (Lipinski definition) is 1. The quantitative estimate of drug-likeness (QED) is 0.868. The third kappa shape index (κ3) is 5.46. The maximum absolute atomic E-state index is 12.6. The summed E-state index contributed by atoms with van der Waals surface area (Å²) in [4.78, 5) is 20.9. The van der Waals surface area contributed by atoms with Crippen molar-refractivity contribution in [1.82, 2.24) is 25.0 Å². The molecule has 120 valence electrons. The Kier molecular flexibility index (Phi) is 5.89. The van der Waals surface area contributed by atoms with E-state index in [-0.39, 0.29) is 17.1 Å². The lowest BCUT2D eigenvalue weighted by Gasteiger charge is -2.25.